The molecule has 0 heterocycles. The van der Waals surface area contributed by atoms with Gasteiger partial charge in [0.15, 0.2) is 6.54 Å². The summed E-state index contributed by atoms with van der Waals surface area (Å²) in [5.41, 5.74) is 0.487. The molecular formula is C18H19ClF3N2O2+. The lowest BCUT2D eigenvalue weighted by atomic mass is 10.1. The number of likely N-dealkylation sites (N-methyl/N-ethyl adjacent to an activating group) is 1. The van der Waals surface area contributed by atoms with Crippen LogP contribution in [0.25, 0.3) is 0 Å². The predicted octanol–water partition coefficient (Wildman–Crippen LogP) is 3.02. The van der Waals surface area contributed by atoms with Crippen molar-refractivity contribution in [2.45, 2.75) is 12.7 Å². The smallest absolute Gasteiger partial charge is 0.416 e. The first kappa shape index (κ1) is 20.1. The second-order valence-electron chi connectivity index (χ2n) is 5.90. The van der Waals surface area contributed by atoms with Crippen LogP contribution in [0.4, 0.5) is 18.9 Å². The largest absolute Gasteiger partial charge is 0.495 e. The first-order valence-electron chi connectivity index (χ1n) is 7.80. The number of ether oxygens (including phenoxy) is 1. The molecule has 4 nitrogen and oxygen atoms in total. The maximum atomic E-state index is 12.6. The van der Waals surface area contributed by atoms with Gasteiger partial charge in [-0.2, -0.15) is 13.2 Å². The van der Waals surface area contributed by atoms with Gasteiger partial charge in [0.2, 0.25) is 0 Å². The van der Waals surface area contributed by atoms with Crippen LogP contribution < -0.4 is 15.0 Å². The summed E-state index contributed by atoms with van der Waals surface area (Å²) >= 11 is 5.92. The van der Waals surface area contributed by atoms with E-state index in [4.69, 9.17) is 16.3 Å². The molecule has 0 radical (unpaired) electrons. The van der Waals surface area contributed by atoms with Crippen molar-refractivity contribution >= 4 is 23.2 Å². The van der Waals surface area contributed by atoms with Crippen LogP contribution in [0.3, 0.4) is 0 Å². The predicted molar refractivity (Wildman–Crippen MR) is 93.5 cm³/mol. The quantitative estimate of drug-likeness (QED) is 0.800. The van der Waals surface area contributed by atoms with E-state index in [0.717, 1.165) is 17.0 Å². The lowest BCUT2D eigenvalue weighted by Gasteiger charge is -2.15. The number of benzene rings is 2. The molecule has 0 aliphatic heterocycles. The molecule has 2 rings (SSSR count). The summed E-state index contributed by atoms with van der Waals surface area (Å²) in [6, 6.07) is 9.81. The maximum Gasteiger partial charge on any atom is 0.416 e. The molecule has 0 spiro atoms. The number of quaternary nitrogens is 1. The monoisotopic (exact) mass is 387 g/mol. The molecule has 0 aromatic heterocycles. The van der Waals surface area contributed by atoms with Crippen LogP contribution in [0.15, 0.2) is 42.5 Å². The third-order valence-corrected chi connectivity index (χ3v) is 3.92. The Labute approximate surface area is 154 Å². The van der Waals surface area contributed by atoms with Crippen molar-refractivity contribution in [2.24, 2.45) is 0 Å². The van der Waals surface area contributed by atoms with Gasteiger partial charge < -0.3 is 15.0 Å². The fourth-order valence-corrected chi connectivity index (χ4v) is 2.64. The lowest BCUT2D eigenvalue weighted by Crippen LogP contribution is -3.08. The van der Waals surface area contributed by atoms with E-state index < -0.39 is 11.7 Å². The van der Waals surface area contributed by atoms with Gasteiger partial charge in [0, 0.05) is 10.6 Å². The van der Waals surface area contributed by atoms with Crippen LogP contribution >= 0.6 is 11.6 Å². The number of hydrogen-bond acceptors (Lipinski definition) is 2. The summed E-state index contributed by atoms with van der Waals surface area (Å²) in [4.78, 5) is 13.0. The van der Waals surface area contributed by atoms with Gasteiger partial charge in [-0.3, -0.25) is 4.79 Å². The van der Waals surface area contributed by atoms with Gasteiger partial charge in [-0.1, -0.05) is 23.7 Å². The minimum atomic E-state index is -4.35. The highest BCUT2D eigenvalue weighted by Gasteiger charge is 2.30. The molecule has 2 aromatic rings. The Morgan fingerprint density at radius 3 is 2.42 bits per heavy atom. The second kappa shape index (κ2) is 8.42. The molecule has 2 N–H and O–H groups in total. The maximum absolute atomic E-state index is 12.6. The second-order valence-corrected chi connectivity index (χ2v) is 6.33. The Bertz CT molecular complexity index is 764. The SMILES string of the molecule is COc1ccc(Cl)cc1NC(=O)C[NH+](C)Cc1ccc(C(F)(F)F)cc1. The zero-order valence-electron chi connectivity index (χ0n) is 14.3. The van der Waals surface area contributed by atoms with Crippen LogP contribution in [-0.2, 0) is 17.5 Å². The number of carbonyl (C=O) groups excluding carboxylic acids is 1. The summed E-state index contributed by atoms with van der Waals surface area (Å²) in [5.74, 6) is 0.234. The number of methoxy groups -OCH3 is 1. The molecule has 8 heteroatoms. The third-order valence-electron chi connectivity index (χ3n) is 3.69. The molecule has 26 heavy (non-hydrogen) atoms. The van der Waals surface area contributed by atoms with E-state index in [1.54, 1.807) is 25.2 Å². The standard InChI is InChI=1S/C18H18ClF3N2O2/c1-24(10-12-3-5-13(6-4-12)18(20,21)22)11-17(25)23-15-9-14(19)7-8-16(15)26-2/h3-9H,10-11H2,1-2H3,(H,23,25)/p+1. The summed E-state index contributed by atoms with van der Waals surface area (Å²) < 4.78 is 42.9. The van der Waals surface area contributed by atoms with Crippen molar-refractivity contribution in [2.75, 3.05) is 26.0 Å². The first-order chi connectivity index (χ1) is 12.2. The molecule has 0 fully saturated rings. The van der Waals surface area contributed by atoms with E-state index in [1.165, 1.54) is 19.2 Å². The summed E-state index contributed by atoms with van der Waals surface area (Å²) in [6.45, 7) is 0.551. The van der Waals surface area contributed by atoms with E-state index in [2.05, 4.69) is 5.32 Å². The number of nitrogens with one attached hydrogen (secondary N) is 2. The number of carbonyl (C=O) groups is 1. The molecule has 1 amide bonds. The van der Waals surface area contributed by atoms with Crippen LogP contribution in [-0.4, -0.2) is 26.6 Å². The van der Waals surface area contributed by atoms with Crippen LogP contribution in [0.5, 0.6) is 5.75 Å². The molecule has 0 bridgehead atoms. The number of rotatable bonds is 6. The van der Waals surface area contributed by atoms with E-state index >= 15 is 0 Å². The number of hydrogen-bond donors (Lipinski definition) is 2. The molecule has 0 saturated carbocycles. The number of halogens is 4. The van der Waals surface area contributed by atoms with Crippen molar-refractivity contribution < 1.29 is 27.6 Å². The highest BCUT2D eigenvalue weighted by Crippen LogP contribution is 2.29. The van der Waals surface area contributed by atoms with Gasteiger partial charge in [0.25, 0.3) is 5.91 Å². The van der Waals surface area contributed by atoms with Gasteiger partial charge >= 0.3 is 6.18 Å². The molecule has 1 atom stereocenters. The molecule has 2 aromatic carbocycles. The molecule has 0 aliphatic rings. The van der Waals surface area contributed by atoms with Crippen molar-refractivity contribution in [3.05, 3.63) is 58.6 Å². The molecule has 1 unspecified atom stereocenters. The van der Waals surface area contributed by atoms with Crippen molar-refractivity contribution in [3.8, 4) is 5.75 Å². The van der Waals surface area contributed by atoms with Gasteiger partial charge in [-0.25, -0.2) is 0 Å². The van der Waals surface area contributed by atoms with E-state index in [1.807, 2.05) is 0 Å². The number of anilines is 1. The number of alkyl halides is 3. The normalized spacial score (nSPS) is 12.5. The molecular weight excluding hydrogens is 369 g/mol. The minimum Gasteiger partial charge on any atom is -0.495 e. The Morgan fingerprint density at radius 1 is 1.19 bits per heavy atom. The van der Waals surface area contributed by atoms with E-state index in [9.17, 15) is 18.0 Å². The average Bonchev–Trinajstić information content (AvgIpc) is 2.54. The van der Waals surface area contributed by atoms with E-state index in [-0.39, 0.29) is 12.5 Å². The average molecular weight is 388 g/mol. The Hall–Kier alpha value is -2.25. The fraction of sp³-hybridized carbons (Fsp3) is 0.278. The van der Waals surface area contributed by atoms with Crippen LogP contribution in [0.1, 0.15) is 11.1 Å². The van der Waals surface area contributed by atoms with Crippen molar-refractivity contribution in [1.82, 2.24) is 0 Å². The summed E-state index contributed by atoms with van der Waals surface area (Å²) in [7, 11) is 3.27. The number of amides is 1. The minimum absolute atomic E-state index is 0.136. The van der Waals surface area contributed by atoms with Gasteiger partial charge in [-0.05, 0) is 30.3 Å². The van der Waals surface area contributed by atoms with Crippen molar-refractivity contribution in [3.63, 3.8) is 0 Å². The van der Waals surface area contributed by atoms with Gasteiger partial charge in [-0.15, -0.1) is 0 Å². The fourth-order valence-electron chi connectivity index (χ4n) is 2.47. The molecule has 140 valence electrons. The lowest BCUT2D eigenvalue weighted by molar-refractivity contribution is -0.885. The topological polar surface area (TPSA) is 42.8 Å². The Kier molecular flexibility index (Phi) is 6.50. The molecule has 0 saturated heterocycles. The zero-order chi connectivity index (χ0) is 19.3. The van der Waals surface area contributed by atoms with Gasteiger partial charge in [0.05, 0.1) is 25.4 Å². The zero-order valence-corrected chi connectivity index (χ0v) is 15.0. The third kappa shape index (κ3) is 5.64. The highest BCUT2D eigenvalue weighted by atomic mass is 35.5. The summed E-state index contributed by atoms with van der Waals surface area (Å²) in [5, 5.41) is 3.19. The van der Waals surface area contributed by atoms with Crippen molar-refractivity contribution in [1.29, 1.82) is 0 Å². The van der Waals surface area contributed by atoms with E-state index in [0.29, 0.717) is 28.6 Å². The molecule has 0 aliphatic carbocycles. The Balaban J connectivity index is 1.94. The first-order valence-corrected chi connectivity index (χ1v) is 8.17. The van der Waals surface area contributed by atoms with Crippen LogP contribution in [0.2, 0.25) is 5.02 Å². The van der Waals surface area contributed by atoms with Crippen LogP contribution in [0, 0.1) is 0 Å². The highest BCUT2D eigenvalue weighted by molar-refractivity contribution is 6.31. The van der Waals surface area contributed by atoms with Gasteiger partial charge in [0.1, 0.15) is 12.3 Å². The summed E-state index contributed by atoms with van der Waals surface area (Å²) in [6.07, 6.45) is -4.35. The Morgan fingerprint density at radius 2 is 1.85 bits per heavy atom.